The second kappa shape index (κ2) is 10.3. The van der Waals surface area contributed by atoms with Gasteiger partial charge in [0.25, 0.3) is 16.5 Å². The first-order valence-electron chi connectivity index (χ1n) is 12.2. The summed E-state index contributed by atoms with van der Waals surface area (Å²) in [5.74, 6) is 0.938. The summed E-state index contributed by atoms with van der Waals surface area (Å²) in [5, 5.41) is 29.5. The van der Waals surface area contributed by atoms with Crippen LogP contribution >= 0.6 is 11.8 Å². The number of aromatic nitrogens is 3. The second-order valence-electron chi connectivity index (χ2n) is 8.93. The fourth-order valence-electron chi connectivity index (χ4n) is 4.58. The number of nitrogens with zero attached hydrogens (tertiary/aromatic N) is 5. The summed E-state index contributed by atoms with van der Waals surface area (Å²) in [5.41, 5.74) is 2.73. The van der Waals surface area contributed by atoms with Gasteiger partial charge >= 0.3 is 6.17 Å². The molecular formula is C27H25N5O5S. The zero-order valence-electron chi connectivity index (χ0n) is 21.1. The van der Waals surface area contributed by atoms with E-state index in [0.717, 1.165) is 18.6 Å². The van der Waals surface area contributed by atoms with Crippen LogP contribution in [0.25, 0.3) is 22.6 Å². The quantitative estimate of drug-likeness (QED) is 0.109. The summed E-state index contributed by atoms with van der Waals surface area (Å²) in [6.45, 7) is 5.31. The Labute approximate surface area is 223 Å². The lowest BCUT2D eigenvalue weighted by atomic mass is 10.0. The number of unbranched alkanes of at least 4 members (excludes halogenated alkanes) is 1. The molecule has 0 N–H and O–H groups in total. The summed E-state index contributed by atoms with van der Waals surface area (Å²) >= 11 is 1.40. The Morgan fingerprint density at radius 2 is 1.97 bits per heavy atom. The summed E-state index contributed by atoms with van der Waals surface area (Å²) < 4.78 is 7.79. The van der Waals surface area contributed by atoms with Crippen LogP contribution in [0.1, 0.15) is 44.2 Å². The molecule has 4 aromatic rings. The standard InChI is InChI=1S/C27H25N5O5S/c1-4-5-14-38-27-28-25(34)24-20-8-6-7-9-21(20)30(17(3)33)26(31(24)29-27)23-13-12-22(37-23)19-11-10-18(32(35)36)15-16(19)2/h6-13,15,26H,4-5,14H2,1-3H3. The Kier molecular flexibility index (Phi) is 6.85. The number of carbonyl (C=O) groups excluding carboxylic acids is 1. The number of fused-ring (bicyclic) bond motifs is 3. The minimum atomic E-state index is -0.870. The summed E-state index contributed by atoms with van der Waals surface area (Å²) in [7, 11) is 0. The zero-order valence-corrected chi connectivity index (χ0v) is 21.9. The Hall–Kier alpha value is -4.25. The molecule has 1 aliphatic rings. The first-order chi connectivity index (χ1) is 18.3. The van der Waals surface area contributed by atoms with Gasteiger partial charge in [0, 0.05) is 35.5 Å². The molecule has 38 heavy (non-hydrogen) atoms. The van der Waals surface area contributed by atoms with Crippen LogP contribution in [-0.2, 0) is 4.79 Å². The number of furan rings is 1. The number of nitro benzene ring substituents is 1. The average molecular weight is 532 g/mol. The van der Waals surface area contributed by atoms with E-state index in [0.29, 0.717) is 39.1 Å². The topological polar surface area (TPSA) is 129 Å². The Balaban J connectivity index is 1.66. The number of aryl methyl sites for hydroxylation is 1. The number of para-hydroxylation sites is 1. The van der Waals surface area contributed by atoms with Crippen molar-refractivity contribution in [3.05, 3.63) is 76.0 Å². The first kappa shape index (κ1) is 25.4. The number of amides is 1. The highest BCUT2D eigenvalue weighted by atomic mass is 32.2. The molecule has 0 bridgehead atoms. The third-order valence-electron chi connectivity index (χ3n) is 6.35. The van der Waals surface area contributed by atoms with Crippen LogP contribution in [0.2, 0.25) is 0 Å². The molecule has 1 amide bonds. The van der Waals surface area contributed by atoms with Crippen LogP contribution < -0.4 is 14.7 Å². The van der Waals surface area contributed by atoms with Crippen molar-refractivity contribution in [2.45, 2.75) is 44.9 Å². The van der Waals surface area contributed by atoms with E-state index in [4.69, 9.17) is 9.52 Å². The molecule has 1 atom stereocenters. The van der Waals surface area contributed by atoms with E-state index in [9.17, 15) is 20.0 Å². The van der Waals surface area contributed by atoms with E-state index in [-0.39, 0.29) is 17.3 Å². The lowest BCUT2D eigenvalue weighted by Gasteiger charge is -2.31. The summed E-state index contributed by atoms with van der Waals surface area (Å²) in [4.78, 5) is 29.6. The van der Waals surface area contributed by atoms with Crippen LogP contribution in [0.3, 0.4) is 0 Å². The van der Waals surface area contributed by atoms with Crippen molar-refractivity contribution < 1.29 is 23.9 Å². The van der Waals surface area contributed by atoms with Gasteiger partial charge in [0.15, 0.2) is 5.76 Å². The maximum Gasteiger partial charge on any atom is 0.325 e. The van der Waals surface area contributed by atoms with Gasteiger partial charge in [-0.05, 0) is 53.9 Å². The number of benzene rings is 2. The van der Waals surface area contributed by atoms with Gasteiger partial charge in [-0.2, -0.15) is 0 Å². The van der Waals surface area contributed by atoms with Crippen LogP contribution in [0.4, 0.5) is 11.4 Å². The van der Waals surface area contributed by atoms with Gasteiger partial charge in [-0.1, -0.05) is 37.2 Å². The third-order valence-corrected chi connectivity index (χ3v) is 7.28. The van der Waals surface area contributed by atoms with Gasteiger partial charge in [-0.3, -0.25) is 14.9 Å². The highest BCUT2D eigenvalue weighted by molar-refractivity contribution is 7.99. The van der Waals surface area contributed by atoms with Crippen molar-refractivity contribution in [3.8, 4) is 28.5 Å². The molecule has 194 valence electrons. The lowest BCUT2D eigenvalue weighted by molar-refractivity contribution is -0.765. The number of anilines is 1. The van der Waals surface area contributed by atoms with Gasteiger partial charge in [0.05, 0.1) is 22.1 Å². The molecule has 11 heteroatoms. The molecule has 2 aromatic heterocycles. The molecule has 10 nitrogen and oxygen atoms in total. The third kappa shape index (κ3) is 4.49. The lowest BCUT2D eigenvalue weighted by Crippen LogP contribution is -2.58. The number of hydrogen-bond donors (Lipinski definition) is 0. The van der Waals surface area contributed by atoms with E-state index < -0.39 is 17.0 Å². The molecule has 1 unspecified atom stereocenters. The molecule has 3 heterocycles. The Morgan fingerprint density at radius 3 is 2.68 bits per heavy atom. The van der Waals surface area contributed by atoms with E-state index in [1.54, 1.807) is 54.3 Å². The minimum absolute atomic E-state index is 0.0121. The molecule has 5 rings (SSSR count). The second-order valence-corrected chi connectivity index (χ2v) is 9.99. The Bertz CT molecular complexity index is 1550. The van der Waals surface area contributed by atoms with Gasteiger partial charge in [0.2, 0.25) is 5.91 Å². The van der Waals surface area contributed by atoms with Gasteiger partial charge in [-0.15, -0.1) is 0 Å². The monoisotopic (exact) mass is 531 g/mol. The zero-order chi connectivity index (χ0) is 27.0. The predicted molar refractivity (Wildman–Crippen MR) is 140 cm³/mol. The average Bonchev–Trinajstić information content (AvgIpc) is 3.37. The Morgan fingerprint density at radius 1 is 1.18 bits per heavy atom. The molecule has 1 aliphatic heterocycles. The minimum Gasteiger partial charge on any atom is -0.854 e. The molecule has 0 fully saturated rings. The summed E-state index contributed by atoms with van der Waals surface area (Å²) in [6.07, 6.45) is 1.08. The number of thioether (sulfide) groups is 1. The number of non-ortho nitro benzene ring substituents is 1. The summed E-state index contributed by atoms with van der Waals surface area (Å²) in [6, 6.07) is 15.2. The first-order valence-corrected chi connectivity index (χ1v) is 13.2. The number of carbonyl (C=O) groups is 1. The molecular weight excluding hydrogens is 506 g/mol. The van der Waals surface area contributed by atoms with E-state index >= 15 is 0 Å². The largest absolute Gasteiger partial charge is 0.854 e. The molecule has 2 aromatic carbocycles. The number of hydrogen-bond acceptors (Lipinski definition) is 8. The van der Waals surface area contributed by atoms with Crippen LogP contribution in [0.5, 0.6) is 5.88 Å². The van der Waals surface area contributed by atoms with Gasteiger partial charge in [-0.25, -0.2) is 9.88 Å². The van der Waals surface area contributed by atoms with Crippen molar-refractivity contribution in [2.75, 3.05) is 10.7 Å². The highest BCUT2D eigenvalue weighted by Crippen LogP contribution is 2.42. The number of nitro groups is 1. The van der Waals surface area contributed by atoms with Crippen molar-refractivity contribution in [2.24, 2.45) is 0 Å². The van der Waals surface area contributed by atoms with Crippen molar-refractivity contribution in [1.82, 2.24) is 10.1 Å². The molecule has 0 spiro atoms. The molecule has 0 saturated heterocycles. The van der Waals surface area contributed by atoms with Crippen LogP contribution in [-0.4, -0.2) is 26.7 Å². The van der Waals surface area contributed by atoms with Crippen molar-refractivity contribution in [1.29, 1.82) is 0 Å². The van der Waals surface area contributed by atoms with Gasteiger partial charge in [0.1, 0.15) is 5.76 Å². The van der Waals surface area contributed by atoms with E-state index in [1.807, 2.05) is 0 Å². The smallest absolute Gasteiger partial charge is 0.325 e. The van der Waals surface area contributed by atoms with Gasteiger partial charge < -0.3 is 9.52 Å². The molecule has 0 saturated carbocycles. The van der Waals surface area contributed by atoms with Crippen molar-refractivity contribution in [3.63, 3.8) is 0 Å². The van der Waals surface area contributed by atoms with Crippen LogP contribution in [0, 0.1) is 17.0 Å². The maximum absolute atomic E-state index is 13.3. The van der Waals surface area contributed by atoms with Crippen molar-refractivity contribution >= 4 is 29.0 Å². The molecule has 0 aliphatic carbocycles. The number of rotatable bonds is 7. The fraction of sp³-hybridized carbons (Fsp3) is 0.259. The fourth-order valence-corrected chi connectivity index (χ4v) is 5.48. The normalized spacial score (nSPS) is 14.2. The van der Waals surface area contributed by atoms with Crippen LogP contribution in [0.15, 0.2) is 64.2 Å². The van der Waals surface area contributed by atoms with E-state index in [1.165, 1.54) is 35.5 Å². The maximum atomic E-state index is 13.3. The highest BCUT2D eigenvalue weighted by Gasteiger charge is 2.45. The predicted octanol–water partition coefficient (Wildman–Crippen LogP) is 4.79. The SMILES string of the molecule is CCCCSc1nc([O-])c2[n+](n1)C(c1ccc(-c3ccc([N+](=O)[O-])cc3C)o1)N(C(C)=O)c1ccccc1-2. The molecule has 0 radical (unpaired) electrons. The van der Waals surface area contributed by atoms with E-state index in [2.05, 4.69) is 11.9 Å².